The Morgan fingerprint density at radius 3 is 2.40 bits per heavy atom. The van der Waals surface area contributed by atoms with E-state index in [9.17, 15) is 23.1 Å². The van der Waals surface area contributed by atoms with Crippen LogP contribution < -0.4 is 9.64 Å². The van der Waals surface area contributed by atoms with Crippen LogP contribution in [-0.2, 0) is 23.9 Å². The van der Waals surface area contributed by atoms with E-state index in [1.165, 1.54) is 26.0 Å². The highest BCUT2D eigenvalue weighted by Gasteiger charge is 2.30. The van der Waals surface area contributed by atoms with Crippen molar-refractivity contribution in [2.24, 2.45) is 0 Å². The summed E-state index contributed by atoms with van der Waals surface area (Å²) in [5.74, 6) is 0.0735. The molecule has 0 unspecified atom stereocenters. The number of halogens is 3. The van der Waals surface area contributed by atoms with Crippen molar-refractivity contribution in [2.75, 3.05) is 11.4 Å². The lowest BCUT2D eigenvalue weighted by atomic mass is 10.1. The summed E-state index contributed by atoms with van der Waals surface area (Å²) in [4.78, 5) is 17.9. The van der Waals surface area contributed by atoms with Gasteiger partial charge in [0.1, 0.15) is 5.75 Å². The highest BCUT2D eigenvalue weighted by atomic mass is 19.4. The van der Waals surface area contributed by atoms with Gasteiger partial charge in [0.05, 0.1) is 5.56 Å². The molecule has 0 saturated heterocycles. The number of aryl methyl sites for hydroxylation is 2. The van der Waals surface area contributed by atoms with Gasteiger partial charge in [-0.1, -0.05) is 42.5 Å². The first-order chi connectivity index (χ1) is 18.9. The zero-order valence-electron chi connectivity index (χ0n) is 22.4. The zero-order chi connectivity index (χ0) is 28.9. The largest absolute Gasteiger partial charge is 0.478 e. The second-order valence-corrected chi connectivity index (χ2v) is 10.00. The first-order valence-corrected chi connectivity index (χ1v) is 12.7. The molecule has 0 atom stereocenters. The summed E-state index contributed by atoms with van der Waals surface area (Å²) in [6.07, 6.45) is -3.12. The molecule has 0 aliphatic carbocycles. The van der Waals surface area contributed by atoms with E-state index < -0.39 is 23.3 Å². The van der Waals surface area contributed by atoms with Crippen LogP contribution >= 0.6 is 0 Å². The summed E-state index contributed by atoms with van der Waals surface area (Å²) < 4.78 is 50.3. The Morgan fingerprint density at radius 1 is 1.00 bits per heavy atom. The molecule has 0 saturated carbocycles. The molecule has 210 valence electrons. The van der Waals surface area contributed by atoms with E-state index in [0.29, 0.717) is 42.5 Å². The van der Waals surface area contributed by atoms with Gasteiger partial charge < -0.3 is 19.3 Å². The quantitative estimate of drug-likeness (QED) is 0.215. The van der Waals surface area contributed by atoms with Crippen LogP contribution in [0, 0.1) is 6.92 Å². The van der Waals surface area contributed by atoms with Crippen molar-refractivity contribution in [1.82, 2.24) is 10.1 Å². The number of hydrogen-bond acceptors (Lipinski definition) is 6. The van der Waals surface area contributed by atoms with Gasteiger partial charge >= 0.3 is 12.1 Å². The van der Waals surface area contributed by atoms with Crippen LogP contribution in [-0.4, -0.2) is 33.4 Å². The summed E-state index contributed by atoms with van der Waals surface area (Å²) in [6, 6.07) is 19.9. The third-order valence-electron chi connectivity index (χ3n) is 6.41. The molecule has 1 heterocycles. The fourth-order valence-electron chi connectivity index (χ4n) is 4.11. The Hall–Kier alpha value is -4.34. The van der Waals surface area contributed by atoms with E-state index >= 15 is 0 Å². The predicted molar refractivity (Wildman–Crippen MR) is 144 cm³/mol. The number of anilines is 1. The van der Waals surface area contributed by atoms with E-state index in [0.717, 1.165) is 28.8 Å². The molecule has 10 heteroatoms. The van der Waals surface area contributed by atoms with Gasteiger partial charge in [-0.15, -0.1) is 0 Å². The minimum atomic E-state index is -4.41. The Morgan fingerprint density at radius 2 is 1.73 bits per heavy atom. The van der Waals surface area contributed by atoms with Gasteiger partial charge in [0.15, 0.2) is 5.60 Å². The van der Waals surface area contributed by atoms with Crippen molar-refractivity contribution in [2.45, 2.75) is 51.9 Å². The summed E-state index contributed by atoms with van der Waals surface area (Å²) >= 11 is 0. The van der Waals surface area contributed by atoms with Crippen molar-refractivity contribution in [3.63, 3.8) is 0 Å². The molecular weight excluding hydrogens is 523 g/mol. The summed E-state index contributed by atoms with van der Waals surface area (Å²) in [6.45, 7) is 5.67. The first-order valence-electron chi connectivity index (χ1n) is 12.7. The molecule has 1 N–H and O–H groups in total. The van der Waals surface area contributed by atoms with Gasteiger partial charge in [0, 0.05) is 18.7 Å². The Kier molecular flexibility index (Phi) is 8.46. The number of aromatic nitrogens is 2. The van der Waals surface area contributed by atoms with Gasteiger partial charge in [0.25, 0.3) is 11.8 Å². The van der Waals surface area contributed by atoms with E-state index in [1.807, 2.05) is 42.2 Å². The maximum Gasteiger partial charge on any atom is 0.416 e. The number of ether oxygens (including phenoxy) is 1. The second kappa shape index (κ2) is 11.8. The van der Waals surface area contributed by atoms with Crippen LogP contribution in [0.5, 0.6) is 5.75 Å². The Bertz CT molecular complexity index is 1450. The van der Waals surface area contributed by atoms with Crippen molar-refractivity contribution in [3.8, 4) is 17.2 Å². The number of carboxylic acids is 1. The van der Waals surface area contributed by atoms with Crippen molar-refractivity contribution >= 4 is 11.9 Å². The van der Waals surface area contributed by atoms with Gasteiger partial charge in [-0.25, -0.2) is 4.79 Å². The fraction of sp³-hybridized carbons (Fsp3) is 0.300. The lowest BCUT2D eigenvalue weighted by molar-refractivity contribution is -0.152. The van der Waals surface area contributed by atoms with Crippen LogP contribution in [0.1, 0.15) is 42.5 Å². The molecular formula is C30H30F3N3O4. The third-order valence-corrected chi connectivity index (χ3v) is 6.41. The molecule has 7 nitrogen and oxygen atoms in total. The van der Waals surface area contributed by atoms with E-state index in [1.54, 1.807) is 18.2 Å². The Balaban J connectivity index is 1.51. The number of alkyl halides is 3. The summed E-state index contributed by atoms with van der Waals surface area (Å²) in [7, 11) is 0. The number of rotatable bonds is 11. The first kappa shape index (κ1) is 28.7. The number of carbonyl (C=O) groups is 1. The van der Waals surface area contributed by atoms with E-state index in [4.69, 9.17) is 9.26 Å². The van der Waals surface area contributed by atoms with Crippen LogP contribution in [0.2, 0.25) is 0 Å². The van der Waals surface area contributed by atoms with E-state index in [2.05, 4.69) is 10.1 Å². The predicted octanol–water partition coefficient (Wildman–Crippen LogP) is 6.95. The van der Waals surface area contributed by atoms with Gasteiger partial charge in [-0.3, -0.25) is 0 Å². The van der Waals surface area contributed by atoms with Gasteiger partial charge in [-0.2, -0.15) is 18.2 Å². The molecule has 40 heavy (non-hydrogen) atoms. The third kappa shape index (κ3) is 7.19. The molecule has 0 aliphatic rings. The normalized spacial score (nSPS) is 11.8. The van der Waals surface area contributed by atoms with Gasteiger partial charge in [0.2, 0.25) is 0 Å². The maximum atomic E-state index is 13.0. The van der Waals surface area contributed by atoms with Crippen LogP contribution in [0.3, 0.4) is 0 Å². The molecule has 0 aliphatic heterocycles. The number of aliphatic carboxylic acids is 1. The van der Waals surface area contributed by atoms with Crippen LogP contribution in [0.4, 0.5) is 19.1 Å². The number of nitrogens with zero attached hydrogens (tertiary/aromatic N) is 3. The molecule has 0 bridgehead atoms. The number of hydrogen-bond donors (Lipinski definition) is 1. The highest BCUT2D eigenvalue weighted by Crippen LogP contribution is 2.30. The average molecular weight is 554 g/mol. The molecule has 3 aromatic carbocycles. The monoisotopic (exact) mass is 553 g/mol. The molecule has 4 rings (SSSR count). The minimum absolute atomic E-state index is 0.279. The van der Waals surface area contributed by atoms with Crippen molar-refractivity contribution in [3.05, 3.63) is 95.1 Å². The van der Waals surface area contributed by atoms with E-state index in [-0.39, 0.29) is 6.54 Å². The zero-order valence-corrected chi connectivity index (χ0v) is 22.4. The smallest absolute Gasteiger partial charge is 0.416 e. The summed E-state index contributed by atoms with van der Waals surface area (Å²) in [5, 5.41) is 13.5. The van der Waals surface area contributed by atoms with Crippen LogP contribution in [0.25, 0.3) is 11.5 Å². The summed E-state index contributed by atoms with van der Waals surface area (Å²) in [5.41, 5.74) is 1.31. The fourth-order valence-corrected chi connectivity index (χ4v) is 4.11. The lowest BCUT2D eigenvalue weighted by Crippen LogP contribution is -2.37. The molecule has 0 amide bonds. The molecule has 0 spiro atoms. The molecule has 0 radical (unpaired) electrons. The Labute approximate surface area is 230 Å². The standard InChI is InChI=1S/C30H30F3N3O4/c1-20-8-4-5-12-25(20)26-34-28(35-40-26)36(19-22-13-15-23(16-14-22)30(31,32)33)17-7-10-21-9-6-11-24(18-21)39-29(2,3)27(37)38/h4-6,8-9,11-16,18H,7,10,17,19H2,1-3H3,(H,37,38). The molecule has 4 aromatic rings. The second-order valence-electron chi connectivity index (χ2n) is 10.00. The average Bonchev–Trinajstić information content (AvgIpc) is 3.38. The van der Waals surface area contributed by atoms with Crippen molar-refractivity contribution < 1.29 is 32.3 Å². The van der Waals surface area contributed by atoms with Crippen molar-refractivity contribution in [1.29, 1.82) is 0 Å². The maximum absolute atomic E-state index is 13.0. The minimum Gasteiger partial charge on any atom is -0.478 e. The SMILES string of the molecule is Cc1ccccc1-c1nc(N(CCCc2cccc(OC(C)(C)C(=O)O)c2)Cc2ccc(C(F)(F)F)cc2)no1. The molecule has 0 fully saturated rings. The number of carboxylic acid groups (broad SMARTS) is 1. The number of benzene rings is 3. The lowest BCUT2D eigenvalue weighted by Gasteiger charge is -2.22. The molecule has 1 aromatic heterocycles. The highest BCUT2D eigenvalue weighted by molar-refractivity contribution is 5.76. The van der Waals surface area contributed by atoms with Crippen LogP contribution in [0.15, 0.2) is 77.3 Å². The topological polar surface area (TPSA) is 88.7 Å². The van der Waals surface area contributed by atoms with Gasteiger partial charge in [-0.05, 0) is 85.8 Å².